The van der Waals surface area contributed by atoms with Crippen LogP contribution in [0.2, 0.25) is 0 Å². The molecule has 0 fully saturated rings. The van der Waals surface area contributed by atoms with Crippen LogP contribution in [0.4, 0.5) is 0 Å². The Labute approximate surface area is 97.9 Å². The molecule has 0 spiro atoms. The Kier molecular flexibility index (Phi) is 2.08. The van der Waals surface area contributed by atoms with Crippen LogP contribution in [0.1, 0.15) is 16.1 Å². The first-order valence-corrected chi connectivity index (χ1v) is 5.39. The molecule has 0 saturated carbocycles. The molecule has 0 amide bonds. The zero-order valence-electron chi connectivity index (χ0n) is 9.34. The van der Waals surface area contributed by atoms with Gasteiger partial charge in [-0.1, -0.05) is 18.2 Å². The molecule has 0 aliphatic rings. The molecule has 1 N–H and O–H groups in total. The standard InChI is InChI=1S/C13H11N3O/c1-9-10-5-2-3-6-11(10)15-12(9)13(17)16-8-4-7-14-16/h2-8,15H,1H3. The topological polar surface area (TPSA) is 50.7 Å². The van der Waals surface area contributed by atoms with Gasteiger partial charge in [0.25, 0.3) is 5.91 Å². The summed E-state index contributed by atoms with van der Waals surface area (Å²) in [6.45, 7) is 1.94. The van der Waals surface area contributed by atoms with E-state index in [2.05, 4.69) is 10.1 Å². The molecule has 3 rings (SSSR count). The fourth-order valence-corrected chi connectivity index (χ4v) is 2.00. The summed E-state index contributed by atoms with van der Waals surface area (Å²) < 4.78 is 1.33. The summed E-state index contributed by atoms with van der Waals surface area (Å²) in [5.41, 5.74) is 2.52. The van der Waals surface area contributed by atoms with Gasteiger partial charge in [0.15, 0.2) is 0 Å². The van der Waals surface area contributed by atoms with Gasteiger partial charge >= 0.3 is 0 Å². The predicted octanol–water partition coefficient (Wildman–Crippen LogP) is 2.36. The number of rotatable bonds is 1. The number of para-hydroxylation sites is 1. The highest BCUT2D eigenvalue weighted by Crippen LogP contribution is 2.21. The van der Waals surface area contributed by atoms with E-state index in [1.807, 2.05) is 31.2 Å². The third-order valence-electron chi connectivity index (χ3n) is 2.89. The van der Waals surface area contributed by atoms with Gasteiger partial charge in [0.1, 0.15) is 5.69 Å². The number of carbonyl (C=O) groups is 1. The summed E-state index contributed by atoms with van der Waals surface area (Å²) in [4.78, 5) is 15.3. The highest BCUT2D eigenvalue weighted by molar-refractivity contribution is 6.01. The lowest BCUT2D eigenvalue weighted by atomic mass is 10.1. The van der Waals surface area contributed by atoms with Crippen LogP contribution < -0.4 is 0 Å². The van der Waals surface area contributed by atoms with Crippen molar-refractivity contribution in [2.45, 2.75) is 6.92 Å². The number of nitrogens with one attached hydrogen (secondary N) is 1. The van der Waals surface area contributed by atoms with Crippen molar-refractivity contribution in [3.8, 4) is 0 Å². The fourth-order valence-electron chi connectivity index (χ4n) is 2.00. The minimum absolute atomic E-state index is 0.135. The van der Waals surface area contributed by atoms with E-state index in [0.29, 0.717) is 5.69 Å². The molecular weight excluding hydrogens is 214 g/mol. The number of carbonyl (C=O) groups excluding carboxylic acids is 1. The van der Waals surface area contributed by atoms with Gasteiger partial charge in [0.05, 0.1) is 0 Å². The monoisotopic (exact) mass is 225 g/mol. The SMILES string of the molecule is Cc1c(C(=O)n2cccn2)[nH]c2ccccc12. The zero-order chi connectivity index (χ0) is 11.8. The molecule has 2 heterocycles. The quantitative estimate of drug-likeness (QED) is 0.691. The van der Waals surface area contributed by atoms with Gasteiger partial charge in [0, 0.05) is 23.3 Å². The largest absolute Gasteiger partial charge is 0.350 e. The average Bonchev–Trinajstić information content (AvgIpc) is 2.97. The Balaban J connectivity index is 2.18. The van der Waals surface area contributed by atoms with Gasteiger partial charge in [-0.2, -0.15) is 5.10 Å². The van der Waals surface area contributed by atoms with Crippen LogP contribution in [0.15, 0.2) is 42.7 Å². The molecule has 0 aliphatic heterocycles. The Morgan fingerprint density at radius 3 is 2.82 bits per heavy atom. The Hall–Kier alpha value is -2.36. The maximum atomic E-state index is 12.2. The van der Waals surface area contributed by atoms with Crippen LogP contribution in [0.5, 0.6) is 0 Å². The lowest BCUT2D eigenvalue weighted by molar-refractivity contribution is 0.0940. The zero-order valence-corrected chi connectivity index (χ0v) is 9.34. The van der Waals surface area contributed by atoms with Gasteiger partial charge in [0.2, 0.25) is 0 Å². The summed E-state index contributed by atoms with van der Waals surface area (Å²) in [7, 11) is 0. The summed E-state index contributed by atoms with van der Waals surface area (Å²) in [6.07, 6.45) is 3.24. The summed E-state index contributed by atoms with van der Waals surface area (Å²) in [6, 6.07) is 9.60. The first-order valence-electron chi connectivity index (χ1n) is 5.39. The van der Waals surface area contributed by atoms with Crippen LogP contribution in [0, 0.1) is 6.92 Å². The minimum atomic E-state index is -0.135. The molecule has 2 aromatic heterocycles. The molecule has 17 heavy (non-hydrogen) atoms. The van der Waals surface area contributed by atoms with Crippen LogP contribution in [0.25, 0.3) is 10.9 Å². The van der Waals surface area contributed by atoms with E-state index in [-0.39, 0.29) is 5.91 Å². The minimum Gasteiger partial charge on any atom is -0.350 e. The molecule has 0 unspecified atom stereocenters. The van der Waals surface area contributed by atoms with E-state index in [1.54, 1.807) is 18.5 Å². The number of fused-ring (bicyclic) bond motifs is 1. The lowest BCUT2D eigenvalue weighted by Crippen LogP contribution is -2.13. The molecule has 0 radical (unpaired) electrons. The van der Waals surface area contributed by atoms with Crippen LogP contribution >= 0.6 is 0 Å². The number of nitrogens with zero attached hydrogens (tertiary/aromatic N) is 2. The molecule has 0 aliphatic carbocycles. The first-order chi connectivity index (χ1) is 8.27. The van der Waals surface area contributed by atoms with Crippen molar-refractivity contribution < 1.29 is 4.79 Å². The second kappa shape index (κ2) is 3.59. The molecule has 0 bridgehead atoms. The highest BCUT2D eigenvalue weighted by Gasteiger charge is 2.15. The maximum absolute atomic E-state index is 12.2. The molecule has 84 valence electrons. The Morgan fingerprint density at radius 2 is 2.12 bits per heavy atom. The smallest absolute Gasteiger partial charge is 0.294 e. The van der Waals surface area contributed by atoms with Crippen molar-refractivity contribution in [1.82, 2.24) is 14.8 Å². The average molecular weight is 225 g/mol. The summed E-state index contributed by atoms with van der Waals surface area (Å²) in [5, 5.41) is 5.02. The molecule has 4 heteroatoms. The fraction of sp³-hybridized carbons (Fsp3) is 0.0769. The highest BCUT2D eigenvalue weighted by atomic mass is 16.2. The van der Waals surface area contributed by atoms with Gasteiger partial charge in [-0.25, -0.2) is 4.68 Å². The van der Waals surface area contributed by atoms with Crippen LogP contribution in [-0.2, 0) is 0 Å². The molecule has 0 atom stereocenters. The van der Waals surface area contributed by atoms with Crippen molar-refractivity contribution in [1.29, 1.82) is 0 Å². The third-order valence-corrected chi connectivity index (χ3v) is 2.89. The van der Waals surface area contributed by atoms with Crippen LogP contribution in [0.3, 0.4) is 0 Å². The number of benzene rings is 1. The van der Waals surface area contributed by atoms with E-state index in [9.17, 15) is 4.79 Å². The van der Waals surface area contributed by atoms with Gasteiger partial charge in [-0.3, -0.25) is 4.79 Å². The Morgan fingerprint density at radius 1 is 1.29 bits per heavy atom. The second-order valence-corrected chi connectivity index (χ2v) is 3.93. The predicted molar refractivity (Wildman–Crippen MR) is 65.0 cm³/mol. The van der Waals surface area contributed by atoms with Gasteiger partial charge < -0.3 is 4.98 Å². The van der Waals surface area contributed by atoms with Crippen molar-refractivity contribution in [3.63, 3.8) is 0 Å². The Bertz CT molecular complexity index is 680. The molecule has 4 nitrogen and oxygen atoms in total. The second-order valence-electron chi connectivity index (χ2n) is 3.93. The van der Waals surface area contributed by atoms with Gasteiger partial charge in [-0.15, -0.1) is 0 Å². The molecule has 3 aromatic rings. The van der Waals surface area contributed by atoms with E-state index in [4.69, 9.17) is 0 Å². The lowest BCUT2D eigenvalue weighted by Gasteiger charge is -1.98. The summed E-state index contributed by atoms with van der Waals surface area (Å²) in [5.74, 6) is -0.135. The van der Waals surface area contributed by atoms with E-state index in [0.717, 1.165) is 16.5 Å². The number of aryl methyl sites for hydroxylation is 1. The maximum Gasteiger partial charge on any atom is 0.294 e. The normalized spacial score (nSPS) is 10.9. The van der Waals surface area contributed by atoms with Crippen molar-refractivity contribution in [3.05, 3.63) is 54.0 Å². The number of hydrogen-bond donors (Lipinski definition) is 1. The van der Waals surface area contributed by atoms with E-state index < -0.39 is 0 Å². The van der Waals surface area contributed by atoms with Crippen molar-refractivity contribution >= 4 is 16.8 Å². The number of hydrogen-bond acceptors (Lipinski definition) is 2. The number of H-pyrrole nitrogens is 1. The number of aromatic nitrogens is 3. The van der Waals surface area contributed by atoms with Crippen molar-refractivity contribution in [2.75, 3.05) is 0 Å². The van der Waals surface area contributed by atoms with Crippen molar-refractivity contribution in [2.24, 2.45) is 0 Å². The molecule has 0 saturated heterocycles. The third kappa shape index (κ3) is 1.45. The molecular formula is C13H11N3O. The first kappa shape index (κ1) is 9.84. The van der Waals surface area contributed by atoms with E-state index >= 15 is 0 Å². The van der Waals surface area contributed by atoms with E-state index in [1.165, 1.54) is 4.68 Å². The molecule has 1 aromatic carbocycles. The summed E-state index contributed by atoms with van der Waals surface area (Å²) >= 11 is 0. The van der Waals surface area contributed by atoms with Crippen LogP contribution in [-0.4, -0.2) is 20.7 Å². The van der Waals surface area contributed by atoms with Gasteiger partial charge in [-0.05, 0) is 24.6 Å². The number of aromatic amines is 1.